The molecule has 6 heteroatoms. The van der Waals surface area contributed by atoms with Crippen molar-refractivity contribution in [3.05, 3.63) is 28.8 Å². The lowest BCUT2D eigenvalue weighted by Gasteiger charge is -2.35. The predicted octanol–water partition coefficient (Wildman–Crippen LogP) is 3.36. The van der Waals surface area contributed by atoms with E-state index in [1.165, 1.54) is 0 Å². The molecule has 1 aromatic rings. The summed E-state index contributed by atoms with van der Waals surface area (Å²) in [5, 5.41) is 6.94. The van der Waals surface area contributed by atoms with Gasteiger partial charge in [0.15, 0.2) is 0 Å². The summed E-state index contributed by atoms with van der Waals surface area (Å²) in [5.74, 6) is -0.0784. The summed E-state index contributed by atoms with van der Waals surface area (Å²) < 4.78 is 0. The van der Waals surface area contributed by atoms with E-state index in [1.807, 2.05) is 18.4 Å². The second kappa shape index (κ2) is 7.55. The number of hydrogen-bond donors (Lipinski definition) is 2. The Morgan fingerprint density at radius 3 is 2.65 bits per heavy atom. The molecule has 0 bridgehead atoms. The topological polar surface area (TPSA) is 41.1 Å². The van der Waals surface area contributed by atoms with Gasteiger partial charge in [-0.2, -0.15) is 0 Å². The summed E-state index contributed by atoms with van der Waals surface area (Å²) in [6.45, 7) is 3.97. The van der Waals surface area contributed by atoms with Crippen LogP contribution in [0.25, 0.3) is 0 Å². The zero-order chi connectivity index (χ0) is 13.9. The zero-order valence-electron chi connectivity index (χ0n) is 11.7. The maximum Gasteiger partial charge on any atom is 0.253 e. The quantitative estimate of drug-likeness (QED) is 0.833. The second-order valence-electron chi connectivity index (χ2n) is 5.11. The van der Waals surface area contributed by atoms with Gasteiger partial charge in [0.1, 0.15) is 0 Å². The molecule has 0 aromatic heterocycles. The highest BCUT2D eigenvalue weighted by Gasteiger charge is 2.29. The van der Waals surface area contributed by atoms with E-state index in [-0.39, 0.29) is 23.9 Å². The van der Waals surface area contributed by atoms with Crippen LogP contribution in [-0.2, 0) is 0 Å². The summed E-state index contributed by atoms with van der Waals surface area (Å²) in [7, 11) is 0. The standard InChI is InChI=1S/C14H19ClN2OS.ClH/c1-14(5-7-16-8-6-14)17-13(18)11-9-10(19-2)3-4-12(11)15;/h3-4,9,16H,5-8H2,1-2H3,(H,17,18);1H. The summed E-state index contributed by atoms with van der Waals surface area (Å²) in [5.41, 5.74) is 0.425. The van der Waals surface area contributed by atoms with Crippen molar-refractivity contribution in [2.45, 2.75) is 30.2 Å². The molecule has 1 saturated heterocycles. The number of halogens is 2. The molecule has 1 aliphatic heterocycles. The molecule has 1 heterocycles. The van der Waals surface area contributed by atoms with Gasteiger partial charge in [-0.15, -0.1) is 24.2 Å². The van der Waals surface area contributed by atoms with E-state index in [2.05, 4.69) is 17.6 Å². The third kappa shape index (κ3) is 4.29. The maximum atomic E-state index is 12.4. The van der Waals surface area contributed by atoms with E-state index >= 15 is 0 Å². The lowest BCUT2D eigenvalue weighted by molar-refractivity contribution is 0.0887. The molecule has 1 aromatic carbocycles. The number of hydrogen-bond acceptors (Lipinski definition) is 3. The van der Waals surface area contributed by atoms with Gasteiger partial charge in [-0.25, -0.2) is 0 Å². The van der Waals surface area contributed by atoms with Crippen molar-refractivity contribution in [3.63, 3.8) is 0 Å². The normalized spacial score (nSPS) is 17.1. The fourth-order valence-corrected chi connectivity index (χ4v) is 2.89. The fraction of sp³-hybridized carbons (Fsp3) is 0.500. The van der Waals surface area contributed by atoms with Crippen molar-refractivity contribution in [2.24, 2.45) is 0 Å². The van der Waals surface area contributed by atoms with Gasteiger partial charge in [-0.1, -0.05) is 11.6 Å². The van der Waals surface area contributed by atoms with Crippen LogP contribution in [0.5, 0.6) is 0 Å². The minimum absolute atomic E-state index is 0. The minimum atomic E-state index is -0.138. The minimum Gasteiger partial charge on any atom is -0.347 e. The highest BCUT2D eigenvalue weighted by Crippen LogP contribution is 2.24. The highest BCUT2D eigenvalue weighted by atomic mass is 35.5. The van der Waals surface area contributed by atoms with Crippen molar-refractivity contribution in [2.75, 3.05) is 19.3 Å². The summed E-state index contributed by atoms with van der Waals surface area (Å²) in [4.78, 5) is 13.4. The van der Waals surface area contributed by atoms with Crippen LogP contribution >= 0.6 is 35.8 Å². The first kappa shape index (κ1) is 17.6. The highest BCUT2D eigenvalue weighted by molar-refractivity contribution is 7.98. The number of carbonyl (C=O) groups excluding carboxylic acids is 1. The van der Waals surface area contributed by atoms with Gasteiger partial charge in [-0.05, 0) is 57.3 Å². The number of carbonyl (C=O) groups is 1. The first-order valence-corrected chi connectivity index (χ1v) is 8.01. The molecular formula is C14H20Cl2N2OS. The molecule has 1 aliphatic rings. The molecule has 0 spiro atoms. The van der Waals surface area contributed by atoms with Crippen molar-refractivity contribution < 1.29 is 4.79 Å². The van der Waals surface area contributed by atoms with Gasteiger partial charge in [0.25, 0.3) is 5.91 Å². The zero-order valence-corrected chi connectivity index (χ0v) is 14.1. The van der Waals surface area contributed by atoms with Crippen LogP contribution in [-0.4, -0.2) is 30.8 Å². The summed E-state index contributed by atoms with van der Waals surface area (Å²) in [6.07, 6.45) is 3.87. The van der Waals surface area contributed by atoms with Crippen molar-refractivity contribution in [3.8, 4) is 0 Å². The van der Waals surface area contributed by atoms with Crippen LogP contribution in [0.15, 0.2) is 23.1 Å². The number of benzene rings is 1. The molecule has 2 N–H and O–H groups in total. The number of amides is 1. The SMILES string of the molecule is CSc1ccc(Cl)c(C(=O)NC2(C)CCNCC2)c1.Cl. The number of thioether (sulfide) groups is 1. The molecule has 2 rings (SSSR count). The lowest BCUT2D eigenvalue weighted by atomic mass is 9.90. The average Bonchev–Trinajstić information content (AvgIpc) is 2.39. The molecule has 20 heavy (non-hydrogen) atoms. The van der Waals surface area contributed by atoms with Crippen molar-refractivity contribution in [1.82, 2.24) is 10.6 Å². The first-order chi connectivity index (χ1) is 9.04. The smallest absolute Gasteiger partial charge is 0.253 e. The largest absolute Gasteiger partial charge is 0.347 e. The molecule has 1 fully saturated rings. The van der Waals surface area contributed by atoms with Crippen LogP contribution < -0.4 is 10.6 Å². The van der Waals surface area contributed by atoms with Gasteiger partial charge >= 0.3 is 0 Å². The van der Waals surface area contributed by atoms with E-state index in [4.69, 9.17) is 11.6 Å². The molecule has 0 radical (unpaired) electrons. The van der Waals surface area contributed by atoms with Gasteiger partial charge in [-0.3, -0.25) is 4.79 Å². The Labute approximate surface area is 135 Å². The van der Waals surface area contributed by atoms with Crippen LogP contribution in [0.4, 0.5) is 0 Å². The first-order valence-electron chi connectivity index (χ1n) is 6.41. The van der Waals surface area contributed by atoms with Gasteiger partial charge < -0.3 is 10.6 Å². The average molecular weight is 335 g/mol. The third-order valence-corrected chi connectivity index (χ3v) is 4.60. The van der Waals surface area contributed by atoms with Gasteiger partial charge in [0.2, 0.25) is 0 Å². The second-order valence-corrected chi connectivity index (χ2v) is 6.40. The van der Waals surface area contributed by atoms with Crippen LogP contribution in [0.3, 0.4) is 0 Å². The molecule has 0 saturated carbocycles. The fourth-order valence-electron chi connectivity index (χ4n) is 2.25. The number of piperidine rings is 1. The number of rotatable bonds is 3. The van der Waals surface area contributed by atoms with Crippen molar-refractivity contribution >= 4 is 41.7 Å². The Hall–Kier alpha value is -0.420. The molecule has 112 valence electrons. The predicted molar refractivity (Wildman–Crippen MR) is 88.5 cm³/mol. The molecule has 3 nitrogen and oxygen atoms in total. The van der Waals surface area contributed by atoms with E-state index < -0.39 is 0 Å². The monoisotopic (exact) mass is 334 g/mol. The van der Waals surface area contributed by atoms with Gasteiger partial charge in [0.05, 0.1) is 10.6 Å². The van der Waals surface area contributed by atoms with E-state index in [1.54, 1.807) is 17.8 Å². The van der Waals surface area contributed by atoms with Crippen LogP contribution in [0.1, 0.15) is 30.1 Å². The Morgan fingerprint density at radius 2 is 2.05 bits per heavy atom. The molecule has 0 aliphatic carbocycles. The van der Waals surface area contributed by atoms with E-state index in [9.17, 15) is 4.79 Å². The summed E-state index contributed by atoms with van der Waals surface area (Å²) >= 11 is 7.73. The molecule has 0 atom stereocenters. The maximum absolute atomic E-state index is 12.4. The van der Waals surface area contributed by atoms with Crippen molar-refractivity contribution in [1.29, 1.82) is 0 Å². The molecule has 1 amide bonds. The number of nitrogens with one attached hydrogen (secondary N) is 2. The van der Waals surface area contributed by atoms with Gasteiger partial charge in [0, 0.05) is 10.4 Å². The van der Waals surface area contributed by atoms with Crippen LogP contribution in [0, 0.1) is 0 Å². The Bertz CT molecular complexity index is 476. The molecular weight excluding hydrogens is 315 g/mol. The van der Waals surface area contributed by atoms with E-state index in [0.717, 1.165) is 30.8 Å². The van der Waals surface area contributed by atoms with Crippen LogP contribution in [0.2, 0.25) is 5.02 Å². The Kier molecular flexibility index (Phi) is 6.65. The molecule has 0 unspecified atom stereocenters. The lowest BCUT2D eigenvalue weighted by Crippen LogP contribution is -2.52. The van der Waals surface area contributed by atoms with E-state index in [0.29, 0.717) is 10.6 Å². The summed E-state index contributed by atoms with van der Waals surface area (Å²) in [6, 6.07) is 5.57. The third-order valence-electron chi connectivity index (χ3n) is 3.54. The Morgan fingerprint density at radius 1 is 1.40 bits per heavy atom. The Balaban J connectivity index is 0.00000200.